The molecule has 1 unspecified atom stereocenters. The quantitative estimate of drug-likeness (QED) is 0.359. The fourth-order valence-electron chi connectivity index (χ4n) is 2.30. The molecule has 0 saturated heterocycles. The second-order valence-corrected chi connectivity index (χ2v) is 4.38. The summed E-state index contributed by atoms with van der Waals surface area (Å²) in [7, 11) is 0. The molecular weight excluding hydrogens is 230 g/mol. The van der Waals surface area contributed by atoms with E-state index in [0.29, 0.717) is 5.92 Å². The van der Waals surface area contributed by atoms with Gasteiger partial charge in [-0.15, -0.1) is 5.10 Å². The van der Waals surface area contributed by atoms with Crippen LogP contribution in [0.3, 0.4) is 0 Å². The fraction of sp³-hybridized carbons (Fsp3) is 0.250. The van der Waals surface area contributed by atoms with Gasteiger partial charge in [0.25, 0.3) is 0 Å². The van der Waals surface area contributed by atoms with Crippen LogP contribution in [0.15, 0.2) is 35.7 Å². The van der Waals surface area contributed by atoms with Crippen molar-refractivity contribution in [3.8, 4) is 0 Å². The fourth-order valence-corrected chi connectivity index (χ4v) is 2.30. The van der Waals surface area contributed by atoms with Crippen LogP contribution in [-0.4, -0.2) is 25.8 Å². The maximum atomic E-state index is 8.54. The lowest BCUT2D eigenvalue weighted by atomic mass is 9.78. The van der Waals surface area contributed by atoms with Crippen molar-refractivity contribution >= 4 is 5.84 Å². The summed E-state index contributed by atoms with van der Waals surface area (Å²) in [5.41, 5.74) is 8.20. The lowest BCUT2D eigenvalue weighted by Gasteiger charge is -2.29. The molecule has 2 aromatic rings. The molecule has 92 valence electrons. The molecule has 1 aliphatic carbocycles. The summed E-state index contributed by atoms with van der Waals surface area (Å²) in [6.45, 7) is 0.767. The highest BCUT2D eigenvalue weighted by Crippen LogP contribution is 2.35. The first-order valence-electron chi connectivity index (χ1n) is 5.73. The van der Waals surface area contributed by atoms with Crippen molar-refractivity contribution < 1.29 is 5.21 Å². The van der Waals surface area contributed by atoms with Gasteiger partial charge in [0.15, 0.2) is 0 Å². The minimum Gasteiger partial charge on any atom is -0.409 e. The lowest BCUT2D eigenvalue weighted by molar-refractivity contribution is 0.318. The number of nitrogens with two attached hydrogens (primary N) is 1. The van der Waals surface area contributed by atoms with E-state index in [4.69, 9.17) is 10.9 Å². The summed E-state index contributed by atoms with van der Waals surface area (Å²) in [4.78, 5) is 3.99. The van der Waals surface area contributed by atoms with Crippen molar-refractivity contribution in [2.45, 2.75) is 18.9 Å². The maximum absolute atomic E-state index is 8.54. The summed E-state index contributed by atoms with van der Waals surface area (Å²) in [5.74, 6) is 0.663. The highest BCUT2D eigenvalue weighted by atomic mass is 16.4. The monoisotopic (exact) mass is 243 g/mol. The number of amidine groups is 1. The van der Waals surface area contributed by atoms with Crippen LogP contribution >= 0.6 is 0 Å². The molecule has 1 heterocycles. The average molecular weight is 243 g/mol. The highest BCUT2D eigenvalue weighted by Gasteiger charge is 2.26. The third kappa shape index (κ3) is 1.71. The first kappa shape index (κ1) is 10.8. The van der Waals surface area contributed by atoms with Crippen molar-refractivity contribution in [1.82, 2.24) is 14.8 Å². The van der Waals surface area contributed by atoms with E-state index in [1.54, 1.807) is 11.0 Å². The Kier molecular flexibility index (Phi) is 2.47. The molecule has 1 aromatic carbocycles. The van der Waals surface area contributed by atoms with E-state index in [2.05, 4.69) is 33.4 Å². The summed E-state index contributed by atoms with van der Waals surface area (Å²) in [6, 6.07) is 8.40. The van der Waals surface area contributed by atoms with E-state index >= 15 is 0 Å². The lowest BCUT2D eigenvalue weighted by Crippen LogP contribution is -2.22. The molecular formula is C12H13N5O. The smallest absolute Gasteiger partial charge is 0.219 e. The van der Waals surface area contributed by atoms with Crippen LogP contribution < -0.4 is 5.73 Å². The minimum absolute atomic E-state index is 0.0669. The molecule has 0 amide bonds. The molecule has 0 spiro atoms. The number of aromatic nitrogens is 3. The molecule has 3 rings (SSSR count). The standard InChI is InChI=1S/C12H13N5O/c13-11(16-18)12-14-7-17(15-12)6-9-5-8-3-1-2-4-10(8)9/h1-4,7,9,18H,5-6H2,(H2,13,16). The van der Waals surface area contributed by atoms with Gasteiger partial charge in [0.2, 0.25) is 11.7 Å². The molecule has 0 aliphatic heterocycles. The van der Waals surface area contributed by atoms with Gasteiger partial charge in [-0.05, 0) is 17.5 Å². The molecule has 6 heteroatoms. The molecule has 1 aliphatic rings. The molecule has 18 heavy (non-hydrogen) atoms. The van der Waals surface area contributed by atoms with E-state index in [9.17, 15) is 0 Å². The van der Waals surface area contributed by atoms with Gasteiger partial charge in [0.1, 0.15) is 6.33 Å². The maximum Gasteiger partial charge on any atom is 0.219 e. The third-order valence-corrected chi connectivity index (χ3v) is 3.24. The average Bonchev–Trinajstić information content (AvgIpc) is 2.84. The van der Waals surface area contributed by atoms with Gasteiger partial charge < -0.3 is 10.9 Å². The second-order valence-electron chi connectivity index (χ2n) is 4.38. The summed E-state index contributed by atoms with van der Waals surface area (Å²) >= 11 is 0. The van der Waals surface area contributed by atoms with Crippen molar-refractivity contribution in [3.63, 3.8) is 0 Å². The van der Waals surface area contributed by atoms with E-state index < -0.39 is 0 Å². The predicted octanol–water partition coefficient (Wildman–Crippen LogP) is 0.712. The van der Waals surface area contributed by atoms with Crippen LogP contribution in [-0.2, 0) is 13.0 Å². The Morgan fingerprint density at radius 3 is 3.11 bits per heavy atom. The molecule has 1 aromatic heterocycles. The number of nitrogens with zero attached hydrogens (tertiary/aromatic N) is 4. The molecule has 6 nitrogen and oxygen atoms in total. The van der Waals surface area contributed by atoms with E-state index in [1.807, 2.05) is 6.07 Å². The number of hydrogen-bond donors (Lipinski definition) is 2. The van der Waals surface area contributed by atoms with Crippen LogP contribution in [0.1, 0.15) is 22.9 Å². The highest BCUT2D eigenvalue weighted by molar-refractivity contribution is 5.93. The summed E-state index contributed by atoms with van der Waals surface area (Å²) < 4.78 is 1.73. The summed E-state index contributed by atoms with van der Waals surface area (Å²) in [5, 5.41) is 15.6. The Hall–Kier alpha value is -2.37. The zero-order chi connectivity index (χ0) is 12.5. The van der Waals surface area contributed by atoms with Crippen LogP contribution in [0.4, 0.5) is 0 Å². The number of hydrogen-bond acceptors (Lipinski definition) is 4. The van der Waals surface area contributed by atoms with Gasteiger partial charge in [0, 0.05) is 12.5 Å². The Balaban J connectivity index is 1.74. The van der Waals surface area contributed by atoms with Crippen molar-refractivity contribution in [2.24, 2.45) is 10.9 Å². The van der Waals surface area contributed by atoms with Crippen LogP contribution in [0.2, 0.25) is 0 Å². The van der Waals surface area contributed by atoms with Gasteiger partial charge in [-0.25, -0.2) is 4.98 Å². The summed E-state index contributed by atoms with van der Waals surface area (Å²) in [6.07, 6.45) is 2.67. The Morgan fingerprint density at radius 2 is 2.33 bits per heavy atom. The number of benzene rings is 1. The normalized spacial score (nSPS) is 18.2. The van der Waals surface area contributed by atoms with Crippen molar-refractivity contribution in [3.05, 3.63) is 47.5 Å². The van der Waals surface area contributed by atoms with Gasteiger partial charge in [-0.3, -0.25) is 4.68 Å². The van der Waals surface area contributed by atoms with Crippen molar-refractivity contribution in [2.75, 3.05) is 0 Å². The molecule has 0 radical (unpaired) electrons. The van der Waals surface area contributed by atoms with Crippen LogP contribution in [0.5, 0.6) is 0 Å². The molecule has 3 N–H and O–H groups in total. The topological polar surface area (TPSA) is 89.3 Å². The third-order valence-electron chi connectivity index (χ3n) is 3.24. The van der Waals surface area contributed by atoms with Crippen LogP contribution in [0, 0.1) is 0 Å². The number of fused-ring (bicyclic) bond motifs is 1. The Bertz CT molecular complexity index is 604. The first-order valence-corrected chi connectivity index (χ1v) is 5.73. The number of rotatable bonds is 3. The number of oxime groups is 1. The molecule has 0 saturated carbocycles. The molecule has 1 atom stereocenters. The SMILES string of the molecule is NC(=NO)c1ncn(CC2Cc3ccccc32)n1. The van der Waals surface area contributed by atoms with Gasteiger partial charge in [-0.1, -0.05) is 29.4 Å². The van der Waals surface area contributed by atoms with Crippen LogP contribution in [0.25, 0.3) is 0 Å². The minimum atomic E-state index is -0.0669. The van der Waals surface area contributed by atoms with E-state index in [1.165, 1.54) is 11.1 Å². The molecule has 0 bridgehead atoms. The zero-order valence-electron chi connectivity index (χ0n) is 9.69. The zero-order valence-corrected chi connectivity index (χ0v) is 9.69. The first-order chi connectivity index (χ1) is 8.78. The van der Waals surface area contributed by atoms with Crippen molar-refractivity contribution in [1.29, 1.82) is 0 Å². The Morgan fingerprint density at radius 1 is 1.50 bits per heavy atom. The second kappa shape index (κ2) is 4.14. The van der Waals surface area contributed by atoms with Gasteiger partial charge >= 0.3 is 0 Å². The Labute approximate surface area is 104 Å². The van der Waals surface area contributed by atoms with E-state index in [0.717, 1.165) is 13.0 Å². The predicted molar refractivity (Wildman–Crippen MR) is 65.4 cm³/mol. The largest absolute Gasteiger partial charge is 0.409 e. The van der Waals surface area contributed by atoms with Gasteiger partial charge in [0.05, 0.1) is 0 Å². The van der Waals surface area contributed by atoms with E-state index in [-0.39, 0.29) is 11.7 Å². The van der Waals surface area contributed by atoms with Gasteiger partial charge in [-0.2, -0.15) is 0 Å². The molecule has 0 fully saturated rings.